The van der Waals surface area contributed by atoms with Gasteiger partial charge in [-0.1, -0.05) is 24.3 Å². The van der Waals surface area contributed by atoms with Crippen molar-refractivity contribution >= 4 is 40.9 Å². The van der Waals surface area contributed by atoms with Crippen LogP contribution in [-0.2, 0) is 14.4 Å². The number of fused-ring (bicyclic) bond motifs is 1. The average Bonchev–Trinajstić information content (AvgIpc) is 2.82. The van der Waals surface area contributed by atoms with E-state index in [1.807, 2.05) is 43.3 Å². The molecule has 0 radical (unpaired) electrons. The molecule has 32 heavy (non-hydrogen) atoms. The van der Waals surface area contributed by atoms with Crippen molar-refractivity contribution in [1.82, 2.24) is 4.90 Å². The molecule has 1 fully saturated rings. The summed E-state index contributed by atoms with van der Waals surface area (Å²) in [6.07, 6.45) is 3.02. The summed E-state index contributed by atoms with van der Waals surface area (Å²) in [4.78, 5) is 43.5. The van der Waals surface area contributed by atoms with E-state index in [-0.39, 0.29) is 24.3 Å². The summed E-state index contributed by atoms with van der Waals surface area (Å²) in [5.41, 5.74) is 1.20. The number of carbonyl (C=O) groups is 3. The maximum absolute atomic E-state index is 13.4. The van der Waals surface area contributed by atoms with Gasteiger partial charge in [-0.25, -0.2) is 0 Å². The van der Waals surface area contributed by atoms with E-state index in [1.165, 1.54) is 16.7 Å². The van der Waals surface area contributed by atoms with Gasteiger partial charge in [0, 0.05) is 18.0 Å². The molecule has 2 aliphatic heterocycles. The Morgan fingerprint density at radius 1 is 1.06 bits per heavy atom. The van der Waals surface area contributed by atoms with Gasteiger partial charge in [0.1, 0.15) is 12.3 Å². The molecule has 2 aliphatic rings. The van der Waals surface area contributed by atoms with Crippen LogP contribution in [0.2, 0.25) is 0 Å². The molecule has 1 N–H and O–H groups in total. The predicted octanol–water partition coefficient (Wildman–Crippen LogP) is 3.54. The molecule has 0 saturated carbocycles. The quantitative estimate of drug-likeness (QED) is 0.677. The molecular formula is C24H27N3O4S. The molecule has 0 aliphatic carbocycles. The van der Waals surface area contributed by atoms with Gasteiger partial charge in [-0.05, 0) is 50.5 Å². The highest BCUT2D eigenvalue weighted by Gasteiger charge is 2.41. The van der Waals surface area contributed by atoms with Gasteiger partial charge in [-0.15, -0.1) is 11.8 Å². The fourth-order valence-corrected chi connectivity index (χ4v) is 5.19. The van der Waals surface area contributed by atoms with Crippen LogP contribution in [0.25, 0.3) is 0 Å². The van der Waals surface area contributed by atoms with E-state index in [9.17, 15) is 14.4 Å². The third-order valence-electron chi connectivity index (χ3n) is 5.55. The maximum atomic E-state index is 13.4. The topological polar surface area (TPSA) is 79.0 Å². The number of para-hydroxylation sites is 3. The van der Waals surface area contributed by atoms with E-state index in [0.29, 0.717) is 36.8 Å². The van der Waals surface area contributed by atoms with Crippen molar-refractivity contribution in [2.45, 2.75) is 36.3 Å². The summed E-state index contributed by atoms with van der Waals surface area (Å²) >= 11 is 1.28. The maximum Gasteiger partial charge on any atom is 0.250 e. The van der Waals surface area contributed by atoms with Crippen LogP contribution < -0.4 is 15.0 Å². The zero-order chi connectivity index (χ0) is 22.5. The second-order valence-corrected chi connectivity index (χ2v) is 8.90. The molecular weight excluding hydrogens is 426 g/mol. The van der Waals surface area contributed by atoms with Crippen LogP contribution in [0.4, 0.5) is 11.4 Å². The Morgan fingerprint density at radius 2 is 1.78 bits per heavy atom. The van der Waals surface area contributed by atoms with Gasteiger partial charge in [0.05, 0.1) is 18.0 Å². The molecule has 0 aromatic heterocycles. The highest BCUT2D eigenvalue weighted by molar-refractivity contribution is 8.01. The summed E-state index contributed by atoms with van der Waals surface area (Å²) < 4.78 is 5.57. The van der Waals surface area contributed by atoms with Gasteiger partial charge in [0.2, 0.25) is 11.8 Å². The first kappa shape index (κ1) is 22.2. The monoisotopic (exact) mass is 453 g/mol. The van der Waals surface area contributed by atoms with Gasteiger partial charge in [0.15, 0.2) is 5.25 Å². The minimum absolute atomic E-state index is 0.165. The fourth-order valence-electron chi connectivity index (χ4n) is 4.00. The number of hydrogen-bond donors (Lipinski definition) is 1. The normalized spacial score (nSPS) is 18.2. The molecule has 0 spiro atoms. The largest absolute Gasteiger partial charge is 0.492 e. The van der Waals surface area contributed by atoms with Crippen molar-refractivity contribution in [3.8, 4) is 5.75 Å². The van der Waals surface area contributed by atoms with Crippen molar-refractivity contribution in [1.29, 1.82) is 0 Å². The number of nitrogens with zero attached hydrogens (tertiary/aromatic N) is 2. The zero-order valence-corrected chi connectivity index (χ0v) is 18.9. The molecule has 3 amide bonds. The van der Waals surface area contributed by atoms with Crippen molar-refractivity contribution in [2.24, 2.45) is 0 Å². The third-order valence-corrected chi connectivity index (χ3v) is 6.78. The van der Waals surface area contributed by atoms with E-state index < -0.39 is 5.25 Å². The van der Waals surface area contributed by atoms with Gasteiger partial charge < -0.3 is 19.9 Å². The predicted molar refractivity (Wildman–Crippen MR) is 125 cm³/mol. The van der Waals surface area contributed by atoms with Crippen molar-refractivity contribution in [2.75, 3.05) is 36.5 Å². The van der Waals surface area contributed by atoms with Crippen LogP contribution in [0, 0.1) is 0 Å². The van der Waals surface area contributed by atoms with Crippen molar-refractivity contribution in [3.63, 3.8) is 0 Å². The number of hydrogen-bond acceptors (Lipinski definition) is 5. The number of rotatable bonds is 6. The van der Waals surface area contributed by atoms with Gasteiger partial charge in [-0.2, -0.15) is 0 Å². The van der Waals surface area contributed by atoms with E-state index in [1.54, 1.807) is 17.0 Å². The lowest BCUT2D eigenvalue weighted by Crippen LogP contribution is -2.52. The highest BCUT2D eigenvalue weighted by atomic mass is 32.2. The number of piperidine rings is 1. The Balaban J connectivity index is 1.54. The van der Waals surface area contributed by atoms with E-state index in [0.717, 1.165) is 24.2 Å². The molecule has 1 atom stereocenters. The lowest BCUT2D eigenvalue weighted by atomic mass is 10.1. The SMILES string of the molecule is CCOc1ccccc1NC(=O)CN1C(=O)[C@@H](C(=O)N2CCCCC2)Sc2ccccc21. The Kier molecular flexibility index (Phi) is 6.99. The number of anilines is 2. The van der Waals surface area contributed by atoms with Crippen LogP contribution >= 0.6 is 11.8 Å². The third kappa shape index (κ3) is 4.75. The summed E-state index contributed by atoms with van der Waals surface area (Å²) in [5.74, 6) is -0.294. The summed E-state index contributed by atoms with van der Waals surface area (Å²) in [6, 6.07) is 14.6. The second-order valence-electron chi connectivity index (χ2n) is 7.75. The minimum Gasteiger partial charge on any atom is -0.492 e. The van der Waals surface area contributed by atoms with E-state index in [2.05, 4.69) is 5.32 Å². The Labute approximate surface area is 192 Å². The molecule has 0 bridgehead atoms. The number of nitrogens with one attached hydrogen (secondary N) is 1. The Bertz CT molecular complexity index is 1010. The first-order chi connectivity index (χ1) is 15.6. The highest BCUT2D eigenvalue weighted by Crippen LogP contribution is 2.40. The lowest BCUT2D eigenvalue weighted by Gasteiger charge is -2.36. The zero-order valence-electron chi connectivity index (χ0n) is 18.1. The fraction of sp³-hybridized carbons (Fsp3) is 0.375. The van der Waals surface area contributed by atoms with E-state index in [4.69, 9.17) is 4.74 Å². The summed E-state index contributed by atoms with van der Waals surface area (Å²) in [5, 5.41) is 1.97. The van der Waals surface area contributed by atoms with Gasteiger partial charge in [-0.3, -0.25) is 14.4 Å². The summed E-state index contributed by atoms with van der Waals surface area (Å²) in [7, 11) is 0. The molecule has 2 aromatic carbocycles. The average molecular weight is 454 g/mol. The van der Waals surface area contributed by atoms with Crippen LogP contribution in [-0.4, -0.2) is 54.1 Å². The number of ether oxygens (including phenoxy) is 1. The van der Waals surface area contributed by atoms with Crippen LogP contribution in [0.5, 0.6) is 5.75 Å². The Hall–Kier alpha value is -3.00. The first-order valence-electron chi connectivity index (χ1n) is 11.0. The lowest BCUT2D eigenvalue weighted by molar-refractivity contribution is -0.135. The molecule has 2 heterocycles. The van der Waals surface area contributed by atoms with E-state index >= 15 is 0 Å². The number of benzene rings is 2. The molecule has 8 heteroatoms. The molecule has 168 valence electrons. The molecule has 7 nitrogen and oxygen atoms in total. The first-order valence-corrected chi connectivity index (χ1v) is 11.8. The van der Waals surface area contributed by atoms with Gasteiger partial charge >= 0.3 is 0 Å². The Morgan fingerprint density at radius 3 is 2.56 bits per heavy atom. The smallest absolute Gasteiger partial charge is 0.250 e. The summed E-state index contributed by atoms with van der Waals surface area (Å²) in [6.45, 7) is 3.53. The second kappa shape index (κ2) is 10.1. The minimum atomic E-state index is -0.869. The molecule has 4 rings (SSSR count). The number of carbonyl (C=O) groups excluding carboxylic acids is 3. The van der Waals surface area contributed by atoms with Crippen LogP contribution in [0.1, 0.15) is 26.2 Å². The standard InChI is InChI=1S/C24H27N3O4S/c1-2-31-19-12-6-4-10-17(19)25-21(28)16-27-18-11-5-7-13-20(18)32-22(24(27)30)23(29)26-14-8-3-9-15-26/h4-7,10-13,22H,2-3,8-9,14-16H2,1H3,(H,25,28)/t22-/m1/s1. The van der Waals surface area contributed by atoms with Crippen molar-refractivity contribution in [3.05, 3.63) is 48.5 Å². The number of amides is 3. The van der Waals surface area contributed by atoms with Crippen LogP contribution in [0.15, 0.2) is 53.4 Å². The number of thioether (sulfide) groups is 1. The van der Waals surface area contributed by atoms with Crippen LogP contribution in [0.3, 0.4) is 0 Å². The molecule has 2 aromatic rings. The van der Waals surface area contributed by atoms with Crippen molar-refractivity contribution < 1.29 is 19.1 Å². The number of likely N-dealkylation sites (tertiary alicyclic amines) is 1. The molecule has 0 unspecified atom stereocenters. The van der Waals surface area contributed by atoms with Gasteiger partial charge in [0.25, 0.3) is 5.91 Å². The molecule has 1 saturated heterocycles.